The van der Waals surface area contributed by atoms with E-state index in [0.717, 1.165) is 34.2 Å². The van der Waals surface area contributed by atoms with Gasteiger partial charge in [0.1, 0.15) is 16.6 Å². The second kappa shape index (κ2) is 8.42. The molecule has 0 aliphatic carbocycles. The summed E-state index contributed by atoms with van der Waals surface area (Å²) >= 11 is 6.92. The lowest BCUT2D eigenvalue weighted by molar-refractivity contribution is -0.137. The third-order valence-electron chi connectivity index (χ3n) is 4.56. The molecule has 0 aliphatic rings. The van der Waals surface area contributed by atoms with Gasteiger partial charge >= 0.3 is 6.18 Å². The first-order valence-electron chi connectivity index (χ1n) is 9.04. The molecule has 1 N–H and O–H groups in total. The Hall–Kier alpha value is -3.34. The predicted molar refractivity (Wildman–Crippen MR) is 119 cm³/mol. The molecule has 3 aromatic carbocycles. The van der Waals surface area contributed by atoms with Crippen molar-refractivity contribution in [2.75, 3.05) is 5.32 Å². The number of hydrogen-bond donors (Lipinski definition) is 1. The highest BCUT2D eigenvalue weighted by molar-refractivity contribution is 7.11. The van der Waals surface area contributed by atoms with Crippen LogP contribution in [0.15, 0.2) is 72.2 Å². The van der Waals surface area contributed by atoms with Gasteiger partial charge in [-0.15, -0.1) is 11.3 Å². The van der Waals surface area contributed by atoms with E-state index in [9.17, 15) is 18.4 Å². The Morgan fingerprint density at radius 1 is 1.06 bits per heavy atom. The Bertz CT molecular complexity index is 1340. The van der Waals surface area contributed by atoms with Crippen LogP contribution < -0.4 is 5.32 Å². The molecule has 0 radical (unpaired) electrons. The maximum atomic E-state index is 13.0. The molecule has 8 heteroatoms. The first-order valence-corrected chi connectivity index (χ1v) is 10.3. The minimum absolute atomic E-state index is 0.163. The summed E-state index contributed by atoms with van der Waals surface area (Å²) in [6.07, 6.45) is -3.23. The van der Waals surface area contributed by atoms with Crippen LogP contribution in [-0.2, 0) is 6.18 Å². The molecule has 0 atom stereocenters. The van der Waals surface area contributed by atoms with Crippen LogP contribution in [0, 0.1) is 11.3 Å². The third kappa shape index (κ3) is 4.55. The van der Waals surface area contributed by atoms with Gasteiger partial charge in [-0.25, -0.2) is 4.98 Å². The van der Waals surface area contributed by atoms with Gasteiger partial charge in [0.15, 0.2) is 0 Å². The van der Waals surface area contributed by atoms with Crippen LogP contribution in [0.1, 0.15) is 10.6 Å². The van der Waals surface area contributed by atoms with Gasteiger partial charge in [-0.1, -0.05) is 48.0 Å². The third-order valence-corrected chi connectivity index (χ3v) is 5.76. The van der Waals surface area contributed by atoms with E-state index in [1.807, 2.05) is 53.9 Å². The monoisotopic (exact) mass is 455 g/mol. The summed E-state index contributed by atoms with van der Waals surface area (Å²) < 4.78 is 39.1. The normalized spacial score (nSPS) is 12.0. The zero-order valence-electron chi connectivity index (χ0n) is 15.7. The molecule has 3 nitrogen and oxygen atoms in total. The van der Waals surface area contributed by atoms with Gasteiger partial charge in [-0.05, 0) is 35.0 Å². The molecule has 0 saturated carbocycles. The minimum Gasteiger partial charge on any atom is -0.360 e. The van der Waals surface area contributed by atoms with E-state index in [-0.39, 0.29) is 16.3 Å². The second-order valence-corrected chi connectivity index (χ2v) is 7.87. The summed E-state index contributed by atoms with van der Waals surface area (Å²) in [6.45, 7) is 0. The van der Waals surface area contributed by atoms with Crippen LogP contribution in [0.25, 0.3) is 27.6 Å². The van der Waals surface area contributed by atoms with E-state index >= 15 is 0 Å². The fourth-order valence-electron chi connectivity index (χ4n) is 3.01. The molecule has 1 aromatic heterocycles. The molecule has 0 bridgehead atoms. The van der Waals surface area contributed by atoms with E-state index in [1.165, 1.54) is 23.6 Å². The SMILES string of the molecule is N#C/C(=C/Nc1ccc(Cl)c(C(F)(F)F)c1)c1nc(-c2ccc3ccccc3c2)cs1. The number of nitrogens with zero attached hydrogens (tertiary/aromatic N) is 2. The van der Waals surface area contributed by atoms with Gasteiger partial charge < -0.3 is 5.32 Å². The van der Waals surface area contributed by atoms with Crippen molar-refractivity contribution in [2.24, 2.45) is 0 Å². The Labute approximate surface area is 185 Å². The Morgan fingerprint density at radius 2 is 1.84 bits per heavy atom. The number of halogens is 4. The van der Waals surface area contributed by atoms with E-state index in [2.05, 4.69) is 10.3 Å². The number of allylic oxidation sites excluding steroid dienone is 1. The predicted octanol–water partition coefficient (Wildman–Crippen LogP) is 7.61. The molecule has 0 spiro atoms. The average Bonchev–Trinajstić information content (AvgIpc) is 3.24. The van der Waals surface area contributed by atoms with E-state index in [1.54, 1.807) is 0 Å². The first kappa shape index (κ1) is 20.9. The molecule has 0 unspecified atom stereocenters. The van der Waals surface area contributed by atoms with Crippen molar-refractivity contribution in [1.82, 2.24) is 4.98 Å². The Balaban J connectivity index is 1.59. The van der Waals surface area contributed by atoms with Crippen LogP contribution in [0.4, 0.5) is 18.9 Å². The molecule has 0 fully saturated rings. The number of alkyl halides is 3. The van der Waals surface area contributed by atoms with Gasteiger partial charge in [0, 0.05) is 22.8 Å². The first-order chi connectivity index (χ1) is 14.8. The molecular weight excluding hydrogens is 443 g/mol. The van der Waals surface area contributed by atoms with Crippen molar-refractivity contribution in [3.63, 3.8) is 0 Å². The van der Waals surface area contributed by atoms with Crippen molar-refractivity contribution in [2.45, 2.75) is 6.18 Å². The van der Waals surface area contributed by atoms with Gasteiger partial charge in [0.2, 0.25) is 0 Å². The summed E-state index contributed by atoms with van der Waals surface area (Å²) in [5.41, 5.74) is 1.06. The fourth-order valence-corrected chi connectivity index (χ4v) is 4.03. The highest BCUT2D eigenvalue weighted by Gasteiger charge is 2.33. The zero-order valence-corrected chi connectivity index (χ0v) is 17.3. The highest BCUT2D eigenvalue weighted by atomic mass is 35.5. The Kier molecular flexibility index (Phi) is 5.68. The number of benzene rings is 3. The second-order valence-electron chi connectivity index (χ2n) is 6.61. The zero-order chi connectivity index (χ0) is 22.0. The van der Waals surface area contributed by atoms with Crippen LogP contribution in [-0.4, -0.2) is 4.98 Å². The van der Waals surface area contributed by atoms with Crippen molar-refractivity contribution >= 4 is 45.0 Å². The number of nitriles is 1. The van der Waals surface area contributed by atoms with Crippen LogP contribution in [0.2, 0.25) is 5.02 Å². The maximum Gasteiger partial charge on any atom is 0.417 e. The van der Waals surface area contributed by atoms with Crippen LogP contribution >= 0.6 is 22.9 Å². The van der Waals surface area contributed by atoms with Gasteiger partial charge in [0.25, 0.3) is 0 Å². The molecular formula is C23H13ClF3N3S. The molecule has 4 aromatic rings. The standard InChI is InChI=1S/C23H13ClF3N3S/c24-20-8-7-18(10-19(20)23(25,26)27)29-12-17(11-28)22-30-21(13-31-22)16-6-5-14-3-1-2-4-15(14)9-16/h1-10,12-13,29H/b17-12-. The number of nitrogens with one attached hydrogen (secondary N) is 1. The van der Waals surface area contributed by atoms with Crippen LogP contribution in [0.3, 0.4) is 0 Å². The minimum atomic E-state index is -4.57. The topological polar surface area (TPSA) is 48.7 Å². The number of anilines is 1. The molecule has 31 heavy (non-hydrogen) atoms. The summed E-state index contributed by atoms with van der Waals surface area (Å²) in [4.78, 5) is 4.53. The van der Waals surface area contributed by atoms with Crippen LogP contribution in [0.5, 0.6) is 0 Å². The van der Waals surface area contributed by atoms with Crippen molar-refractivity contribution in [3.05, 3.63) is 87.8 Å². The lowest BCUT2D eigenvalue weighted by Crippen LogP contribution is -2.06. The molecule has 154 valence electrons. The fraction of sp³-hybridized carbons (Fsp3) is 0.0435. The number of hydrogen-bond acceptors (Lipinski definition) is 4. The average molecular weight is 456 g/mol. The smallest absolute Gasteiger partial charge is 0.360 e. The van der Waals surface area contributed by atoms with E-state index < -0.39 is 11.7 Å². The van der Waals surface area contributed by atoms with E-state index in [0.29, 0.717) is 5.01 Å². The van der Waals surface area contributed by atoms with Crippen molar-refractivity contribution < 1.29 is 13.2 Å². The molecule has 0 aliphatic heterocycles. The summed E-state index contributed by atoms with van der Waals surface area (Å²) in [5, 5.41) is 16.4. The summed E-state index contributed by atoms with van der Waals surface area (Å²) in [5.74, 6) is 0. The lowest BCUT2D eigenvalue weighted by Gasteiger charge is -2.10. The number of fused-ring (bicyclic) bond motifs is 1. The van der Waals surface area contributed by atoms with E-state index in [4.69, 9.17) is 11.6 Å². The maximum absolute atomic E-state index is 13.0. The number of thiazole rings is 1. The number of aromatic nitrogens is 1. The van der Waals surface area contributed by atoms with Crippen molar-refractivity contribution in [1.29, 1.82) is 5.26 Å². The van der Waals surface area contributed by atoms with Gasteiger partial charge in [0.05, 0.1) is 16.3 Å². The Morgan fingerprint density at radius 3 is 2.58 bits per heavy atom. The highest BCUT2D eigenvalue weighted by Crippen LogP contribution is 2.36. The quantitative estimate of drug-likeness (QED) is 0.322. The molecule has 1 heterocycles. The summed E-state index contributed by atoms with van der Waals surface area (Å²) in [6, 6.07) is 19.5. The number of rotatable bonds is 4. The summed E-state index contributed by atoms with van der Waals surface area (Å²) in [7, 11) is 0. The van der Waals surface area contributed by atoms with Gasteiger partial charge in [-0.2, -0.15) is 18.4 Å². The molecule has 4 rings (SSSR count). The lowest BCUT2D eigenvalue weighted by atomic mass is 10.1. The molecule has 0 saturated heterocycles. The van der Waals surface area contributed by atoms with Gasteiger partial charge in [-0.3, -0.25) is 0 Å². The van der Waals surface area contributed by atoms with Crippen molar-refractivity contribution in [3.8, 4) is 17.3 Å². The molecule has 0 amide bonds. The largest absolute Gasteiger partial charge is 0.417 e.